The average molecular weight is 342 g/mol. The van der Waals surface area contributed by atoms with Crippen molar-refractivity contribution in [3.63, 3.8) is 0 Å². The summed E-state index contributed by atoms with van der Waals surface area (Å²) in [5.41, 5.74) is 0.323. The minimum atomic E-state index is -3.27. The number of hydrogen-bond acceptors (Lipinski definition) is 5. The smallest absolute Gasteiger partial charge is 0.330 e. The molecule has 1 aliphatic heterocycles. The summed E-state index contributed by atoms with van der Waals surface area (Å²) in [4.78, 5) is 24.8. The van der Waals surface area contributed by atoms with E-state index < -0.39 is 19.5 Å². The van der Waals surface area contributed by atoms with Crippen molar-refractivity contribution < 1.29 is 23.5 Å². The van der Waals surface area contributed by atoms with Crippen molar-refractivity contribution in [2.24, 2.45) is 0 Å². The molecule has 1 heterocycles. The standard InChI is InChI=1S/C17H27O5P/c1-4-6-9-15-14(10-11-16(18)20-3)17(12-7-8-13-17)22-23(15,19)21-5-2/h10-11H,4-9,12-13H2,1-3H3/b11-10+. The number of carbonyl (C=O) groups excluding carboxylic acids is 1. The Labute approximate surface area is 139 Å². The zero-order valence-electron chi connectivity index (χ0n) is 14.3. The van der Waals surface area contributed by atoms with Crippen LogP contribution in [0.1, 0.15) is 58.8 Å². The topological polar surface area (TPSA) is 67.8 Å². The first kappa shape index (κ1) is 18.6. The zero-order valence-corrected chi connectivity index (χ0v) is 15.2. The van der Waals surface area contributed by atoms with Gasteiger partial charge in [0.25, 0.3) is 7.94 Å². The van der Waals surface area contributed by atoms with E-state index in [-0.39, 0.29) is 0 Å². The minimum absolute atomic E-state index is 0.344. The van der Waals surface area contributed by atoms with Crippen molar-refractivity contribution in [3.05, 3.63) is 23.0 Å². The lowest BCUT2D eigenvalue weighted by molar-refractivity contribution is -0.220. The maximum Gasteiger partial charge on any atom is 0.330 e. The predicted molar refractivity (Wildman–Crippen MR) is 88.5 cm³/mol. The van der Waals surface area contributed by atoms with E-state index in [1.165, 1.54) is 13.2 Å². The summed E-state index contributed by atoms with van der Waals surface area (Å²) in [6.07, 6.45) is 9.42. The number of ether oxygens (including phenoxy) is 1. The van der Waals surface area contributed by atoms with E-state index in [0.717, 1.165) is 49.4 Å². The molecule has 2 rings (SSSR count). The van der Waals surface area contributed by atoms with Gasteiger partial charge in [-0.05, 0) is 45.1 Å². The van der Waals surface area contributed by atoms with Crippen LogP contribution in [0.5, 0.6) is 0 Å². The highest BCUT2D eigenvalue weighted by Gasteiger charge is 2.58. The quantitative estimate of drug-likeness (QED) is 0.401. The second-order valence-electron chi connectivity index (χ2n) is 6.03. The molecule has 1 saturated carbocycles. The molecule has 5 nitrogen and oxygen atoms in total. The first-order chi connectivity index (χ1) is 11.0. The summed E-state index contributed by atoms with van der Waals surface area (Å²) in [6, 6.07) is 0. The fourth-order valence-electron chi connectivity index (χ4n) is 3.41. The Morgan fingerprint density at radius 2 is 2.09 bits per heavy atom. The fraction of sp³-hybridized carbons (Fsp3) is 0.706. The molecular formula is C17H27O5P. The lowest BCUT2D eigenvalue weighted by Gasteiger charge is -2.28. The van der Waals surface area contributed by atoms with Crippen molar-refractivity contribution in [1.29, 1.82) is 0 Å². The molecular weight excluding hydrogens is 315 g/mol. The molecule has 0 saturated heterocycles. The van der Waals surface area contributed by atoms with Crippen LogP contribution in [0.2, 0.25) is 0 Å². The van der Waals surface area contributed by atoms with Crippen LogP contribution in [0.4, 0.5) is 0 Å². The first-order valence-corrected chi connectivity index (χ1v) is 10.0. The van der Waals surface area contributed by atoms with Gasteiger partial charge in [-0.1, -0.05) is 13.3 Å². The molecule has 1 spiro atoms. The Balaban J connectivity index is 2.44. The van der Waals surface area contributed by atoms with E-state index in [1.807, 2.05) is 6.92 Å². The van der Waals surface area contributed by atoms with Crippen molar-refractivity contribution >= 4 is 13.9 Å². The van der Waals surface area contributed by atoms with E-state index in [0.29, 0.717) is 13.0 Å². The Kier molecular flexibility index (Phi) is 6.38. The van der Waals surface area contributed by atoms with Gasteiger partial charge in [0.1, 0.15) is 10.9 Å². The van der Waals surface area contributed by atoms with E-state index in [9.17, 15) is 9.69 Å². The van der Waals surface area contributed by atoms with E-state index in [2.05, 4.69) is 11.7 Å². The molecule has 0 aromatic rings. The van der Waals surface area contributed by atoms with Gasteiger partial charge in [0, 0.05) is 18.1 Å². The molecule has 0 amide bonds. The average Bonchev–Trinajstić information content (AvgIpc) is 3.07. The normalized spacial score (nSPS) is 26.6. The molecule has 0 N–H and O–H groups in total. The van der Waals surface area contributed by atoms with Crippen molar-refractivity contribution in [2.45, 2.75) is 64.4 Å². The van der Waals surface area contributed by atoms with Crippen LogP contribution >= 0.6 is 7.94 Å². The maximum absolute atomic E-state index is 13.3. The summed E-state index contributed by atoms with van der Waals surface area (Å²) >= 11 is 0. The van der Waals surface area contributed by atoms with E-state index in [4.69, 9.17) is 9.05 Å². The Hall–Kier alpha value is -0.740. The number of unbranched alkanes of at least 4 members (excludes halogenated alkanes) is 1. The van der Waals surface area contributed by atoms with Crippen LogP contribution < -0.4 is 4.89 Å². The highest BCUT2D eigenvalue weighted by molar-refractivity contribution is 7.64. The summed E-state index contributed by atoms with van der Waals surface area (Å²) in [7, 11) is -1.92. The van der Waals surface area contributed by atoms with Gasteiger partial charge in [0.2, 0.25) is 0 Å². The van der Waals surface area contributed by atoms with Crippen LogP contribution in [0.15, 0.2) is 23.0 Å². The first-order valence-electron chi connectivity index (χ1n) is 8.47. The predicted octanol–water partition coefficient (Wildman–Crippen LogP) is 3.66. The SMILES string of the molecule is CCCCC1=C(/C=C/C(=O)OC)C2(CCCC2)O[P+]1([O-])OCC. The van der Waals surface area contributed by atoms with Gasteiger partial charge in [-0.2, -0.15) is 4.52 Å². The van der Waals surface area contributed by atoms with Crippen LogP contribution in [0.3, 0.4) is 0 Å². The lowest BCUT2D eigenvalue weighted by Crippen LogP contribution is -2.28. The van der Waals surface area contributed by atoms with Gasteiger partial charge in [-0.25, -0.2) is 9.32 Å². The maximum atomic E-state index is 13.3. The third kappa shape index (κ3) is 3.85. The Morgan fingerprint density at radius 3 is 2.65 bits per heavy atom. The molecule has 23 heavy (non-hydrogen) atoms. The van der Waals surface area contributed by atoms with Gasteiger partial charge in [0.05, 0.1) is 13.7 Å². The third-order valence-corrected chi connectivity index (χ3v) is 6.81. The van der Waals surface area contributed by atoms with Gasteiger partial charge < -0.3 is 9.63 Å². The molecule has 1 unspecified atom stereocenters. The van der Waals surface area contributed by atoms with Crippen molar-refractivity contribution in [3.8, 4) is 0 Å². The third-order valence-electron chi connectivity index (χ3n) is 4.49. The van der Waals surface area contributed by atoms with Gasteiger partial charge in [-0.3, -0.25) is 0 Å². The highest BCUT2D eigenvalue weighted by atomic mass is 31.2. The van der Waals surface area contributed by atoms with Gasteiger partial charge in [-0.15, -0.1) is 0 Å². The van der Waals surface area contributed by atoms with Gasteiger partial charge >= 0.3 is 5.97 Å². The van der Waals surface area contributed by atoms with Crippen LogP contribution in [-0.4, -0.2) is 25.3 Å². The molecule has 0 aromatic heterocycles. The second-order valence-corrected chi connectivity index (χ2v) is 8.00. The minimum Gasteiger partial charge on any atom is -0.627 e. The fourth-order valence-corrected chi connectivity index (χ4v) is 5.81. The largest absolute Gasteiger partial charge is 0.627 e. The molecule has 0 aromatic carbocycles. The number of allylic oxidation sites excluding steroid dienone is 1. The molecule has 1 fully saturated rings. The number of carbonyl (C=O) groups is 1. The van der Waals surface area contributed by atoms with Crippen LogP contribution in [0.25, 0.3) is 0 Å². The second kappa shape index (κ2) is 7.89. The number of rotatable bonds is 7. The molecule has 0 radical (unpaired) electrons. The molecule has 130 valence electrons. The van der Waals surface area contributed by atoms with E-state index in [1.54, 1.807) is 6.08 Å². The number of hydrogen-bond donors (Lipinski definition) is 0. The Morgan fingerprint density at radius 1 is 1.39 bits per heavy atom. The highest BCUT2D eigenvalue weighted by Crippen LogP contribution is 2.73. The monoisotopic (exact) mass is 342 g/mol. The van der Waals surface area contributed by atoms with Crippen LogP contribution in [0, 0.1) is 0 Å². The zero-order chi connectivity index (χ0) is 16.9. The van der Waals surface area contributed by atoms with Crippen LogP contribution in [-0.2, 0) is 18.6 Å². The molecule has 6 heteroatoms. The van der Waals surface area contributed by atoms with Crippen molar-refractivity contribution in [2.75, 3.05) is 13.7 Å². The summed E-state index contributed by atoms with van der Waals surface area (Å²) in [5.74, 6) is -0.418. The lowest BCUT2D eigenvalue weighted by atomic mass is 9.90. The summed E-state index contributed by atoms with van der Waals surface area (Å²) in [5, 5.41) is 0.753. The van der Waals surface area contributed by atoms with E-state index >= 15 is 0 Å². The summed E-state index contributed by atoms with van der Waals surface area (Å²) in [6.45, 7) is 4.26. The Bertz CT molecular complexity index is 493. The van der Waals surface area contributed by atoms with Crippen molar-refractivity contribution in [1.82, 2.24) is 0 Å². The van der Waals surface area contributed by atoms with Gasteiger partial charge in [0.15, 0.2) is 0 Å². The molecule has 2 aliphatic rings. The number of methoxy groups -OCH3 is 1. The molecule has 1 aliphatic carbocycles. The molecule has 0 bridgehead atoms. The summed E-state index contributed by atoms with van der Waals surface area (Å²) < 4.78 is 16.3. The molecule has 1 atom stereocenters. The number of esters is 1.